The first kappa shape index (κ1) is 41.6. The number of nitrogens with one attached hydrogen (secondary N) is 2. The van der Waals surface area contributed by atoms with E-state index in [-0.39, 0.29) is 24.6 Å². The number of benzene rings is 4. The maximum absolute atomic E-state index is 12.3. The lowest BCUT2D eigenvalue weighted by Crippen LogP contribution is -2.48. The van der Waals surface area contributed by atoms with Gasteiger partial charge in [0.15, 0.2) is 0 Å². The minimum Gasteiger partial charge on any atom is -0.448 e. The summed E-state index contributed by atoms with van der Waals surface area (Å²) in [5, 5.41) is 7.13. The molecule has 12 heteroatoms. The van der Waals surface area contributed by atoms with E-state index in [0.717, 1.165) is 68.9 Å². The Morgan fingerprint density at radius 3 is 1.46 bits per heavy atom. The summed E-state index contributed by atoms with van der Waals surface area (Å²) in [6.45, 7) is 10.5. The molecule has 0 spiro atoms. The van der Waals surface area contributed by atoms with E-state index in [2.05, 4.69) is 103 Å². The summed E-state index contributed by atoms with van der Waals surface area (Å²) >= 11 is 12.4. The van der Waals surface area contributed by atoms with E-state index >= 15 is 0 Å². The minimum atomic E-state index is -0.438. The molecule has 0 aliphatic carbocycles. The molecule has 2 aliphatic heterocycles. The van der Waals surface area contributed by atoms with Gasteiger partial charge in [-0.15, -0.1) is 0 Å². The van der Waals surface area contributed by atoms with Gasteiger partial charge in [0.05, 0.1) is 18.7 Å². The molecule has 2 amide bonds. The van der Waals surface area contributed by atoms with Crippen LogP contribution in [0.2, 0.25) is 10.0 Å². The van der Waals surface area contributed by atoms with Crippen LogP contribution in [0, 0.1) is 0 Å². The smallest absolute Gasteiger partial charge is 0.407 e. The van der Waals surface area contributed by atoms with Crippen LogP contribution in [-0.4, -0.2) is 130 Å². The normalized spacial score (nSPS) is 16.9. The van der Waals surface area contributed by atoms with Crippen LogP contribution in [-0.2, 0) is 14.3 Å². The number of nitrogens with zero attached hydrogens (tertiary/aromatic N) is 4. The first-order valence-corrected chi connectivity index (χ1v) is 20.5. The maximum Gasteiger partial charge on any atom is 0.407 e. The van der Waals surface area contributed by atoms with E-state index in [4.69, 9.17) is 32.7 Å². The van der Waals surface area contributed by atoms with Crippen LogP contribution in [0.1, 0.15) is 40.8 Å². The summed E-state index contributed by atoms with van der Waals surface area (Å²) in [6, 6.07) is 37.8. The molecule has 2 fully saturated rings. The molecule has 10 nitrogen and oxygen atoms in total. The van der Waals surface area contributed by atoms with Crippen molar-refractivity contribution in [2.24, 2.45) is 0 Å². The van der Waals surface area contributed by atoms with E-state index in [1.54, 1.807) is 0 Å². The highest BCUT2D eigenvalue weighted by Gasteiger charge is 2.28. The Morgan fingerprint density at radius 1 is 0.554 bits per heavy atom. The molecular weight excluding hydrogens is 747 g/mol. The second-order valence-electron chi connectivity index (χ2n) is 14.3. The summed E-state index contributed by atoms with van der Waals surface area (Å²) in [6.07, 6.45) is 0.162. The molecule has 6 rings (SSSR count). The Labute approximate surface area is 341 Å². The SMILES string of the molecule is O=C(COCCN1CCN(C(c2ccccc2)c2ccc(Cl)cc2)CC1)NCCCNC(=O)OCCN1CCN(C(c2ccccc2)c2ccc(Cl)cc2)CC1. The van der Waals surface area contributed by atoms with Gasteiger partial charge in [-0.2, -0.15) is 0 Å². The van der Waals surface area contributed by atoms with Crippen LogP contribution >= 0.6 is 23.2 Å². The van der Waals surface area contributed by atoms with Crippen molar-refractivity contribution in [1.82, 2.24) is 30.2 Å². The van der Waals surface area contributed by atoms with Crippen molar-refractivity contribution in [3.05, 3.63) is 141 Å². The lowest BCUT2D eigenvalue weighted by Gasteiger charge is -2.39. The van der Waals surface area contributed by atoms with Gasteiger partial charge < -0.3 is 20.1 Å². The van der Waals surface area contributed by atoms with Crippen molar-refractivity contribution >= 4 is 35.2 Å². The van der Waals surface area contributed by atoms with Gasteiger partial charge in [-0.3, -0.25) is 24.4 Å². The molecule has 56 heavy (non-hydrogen) atoms. The number of halogens is 2. The molecule has 2 N–H and O–H groups in total. The van der Waals surface area contributed by atoms with Crippen molar-refractivity contribution in [2.75, 3.05) is 98.4 Å². The highest BCUT2D eigenvalue weighted by molar-refractivity contribution is 6.30. The maximum atomic E-state index is 12.3. The number of hydrogen-bond acceptors (Lipinski definition) is 8. The van der Waals surface area contributed by atoms with Crippen molar-refractivity contribution < 1.29 is 19.1 Å². The summed E-state index contributed by atoms with van der Waals surface area (Å²) in [5.74, 6) is -0.158. The molecular formula is C44H54Cl2N6O4. The summed E-state index contributed by atoms with van der Waals surface area (Å²) in [4.78, 5) is 34.3. The zero-order valence-electron chi connectivity index (χ0n) is 32.0. The Morgan fingerprint density at radius 2 is 0.982 bits per heavy atom. The number of amides is 2. The summed E-state index contributed by atoms with van der Waals surface area (Å²) in [5.41, 5.74) is 4.99. The fourth-order valence-electron chi connectivity index (χ4n) is 7.51. The van der Waals surface area contributed by atoms with Gasteiger partial charge >= 0.3 is 6.09 Å². The van der Waals surface area contributed by atoms with Gasteiger partial charge in [0.25, 0.3) is 0 Å². The monoisotopic (exact) mass is 800 g/mol. The van der Waals surface area contributed by atoms with E-state index in [1.807, 2.05) is 36.4 Å². The third-order valence-electron chi connectivity index (χ3n) is 10.5. The Kier molecular flexibility index (Phi) is 16.4. The molecule has 2 unspecified atom stereocenters. The van der Waals surface area contributed by atoms with Crippen LogP contribution < -0.4 is 10.6 Å². The third-order valence-corrected chi connectivity index (χ3v) is 11.0. The number of alkyl carbamates (subject to hydrolysis) is 1. The number of rotatable bonds is 18. The molecule has 2 saturated heterocycles. The van der Waals surface area contributed by atoms with Crippen LogP contribution in [0.25, 0.3) is 0 Å². The highest BCUT2D eigenvalue weighted by Crippen LogP contribution is 2.32. The van der Waals surface area contributed by atoms with Crippen LogP contribution in [0.4, 0.5) is 4.79 Å². The summed E-state index contributed by atoms with van der Waals surface area (Å²) < 4.78 is 11.1. The van der Waals surface area contributed by atoms with Gasteiger partial charge in [-0.05, 0) is 52.9 Å². The van der Waals surface area contributed by atoms with Crippen molar-refractivity contribution in [1.29, 1.82) is 0 Å². The van der Waals surface area contributed by atoms with Crippen molar-refractivity contribution in [3.8, 4) is 0 Å². The minimum absolute atomic E-state index is 0.0182. The zero-order chi connectivity index (χ0) is 39.0. The number of carbonyl (C=O) groups excluding carboxylic acids is 2. The highest BCUT2D eigenvalue weighted by atomic mass is 35.5. The van der Waals surface area contributed by atoms with E-state index in [9.17, 15) is 9.59 Å². The average Bonchev–Trinajstić information content (AvgIpc) is 3.23. The van der Waals surface area contributed by atoms with Crippen molar-refractivity contribution in [3.63, 3.8) is 0 Å². The third kappa shape index (κ3) is 12.8. The van der Waals surface area contributed by atoms with Crippen LogP contribution in [0.5, 0.6) is 0 Å². The Balaban J connectivity index is 0.785. The zero-order valence-corrected chi connectivity index (χ0v) is 33.6. The molecule has 0 bridgehead atoms. The molecule has 4 aromatic rings. The molecule has 0 radical (unpaired) electrons. The molecule has 2 aliphatic rings. The number of hydrogen-bond donors (Lipinski definition) is 2. The van der Waals surface area contributed by atoms with E-state index in [1.165, 1.54) is 22.3 Å². The van der Waals surface area contributed by atoms with Gasteiger partial charge in [-0.1, -0.05) is 108 Å². The number of ether oxygens (including phenoxy) is 2. The molecule has 0 aromatic heterocycles. The topological polar surface area (TPSA) is 89.6 Å². The predicted octanol–water partition coefficient (Wildman–Crippen LogP) is 6.36. The van der Waals surface area contributed by atoms with E-state index < -0.39 is 6.09 Å². The Bertz CT molecular complexity index is 1750. The lowest BCUT2D eigenvalue weighted by molar-refractivity contribution is -0.125. The lowest BCUT2D eigenvalue weighted by atomic mass is 9.96. The fourth-order valence-corrected chi connectivity index (χ4v) is 7.77. The quantitative estimate of drug-likeness (QED) is 0.113. The van der Waals surface area contributed by atoms with Crippen molar-refractivity contribution in [2.45, 2.75) is 18.5 Å². The van der Waals surface area contributed by atoms with Crippen LogP contribution in [0.3, 0.4) is 0 Å². The number of piperazine rings is 2. The first-order chi connectivity index (χ1) is 27.4. The summed E-state index contributed by atoms with van der Waals surface area (Å²) in [7, 11) is 0. The standard InChI is InChI=1S/C44H54Cl2N6O4/c45-39-16-12-37(13-17-39)42(35-8-3-1-4-9-35)51-26-22-49(23-27-51)30-32-55-34-41(53)47-20-7-21-48-44(54)56-33-31-50-24-28-52(29-25-50)43(36-10-5-2-6-11-36)38-14-18-40(46)19-15-38/h1-6,8-19,42-43H,7,20-34H2,(H,47,53)(H,48,54). The van der Waals surface area contributed by atoms with Crippen LogP contribution in [0.15, 0.2) is 109 Å². The predicted molar refractivity (Wildman–Crippen MR) is 223 cm³/mol. The molecule has 298 valence electrons. The molecule has 4 aromatic carbocycles. The Hall–Kier alpha value is -4.00. The van der Waals surface area contributed by atoms with Gasteiger partial charge in [0.1, 0.15) is 13.2 Å². The molecule has 0 saturated carbocycles. The van der Waals surface area contributed by atoms with Gasteiger partial charge in [-0.25, -0.2) is 4.79 Å². The largest absolute Gasteiger partial charge is 0.448 e. The molecule has 2 heterocycles. The average molecular weight is 802 g/mol. The second-order valence-corrected chi connectivity index (χ2v) is 15.2. The second kappa shape index (κ2) is 22.1. The van der Waals surface area contributed by atoms with Gasteiger partial charge in [0, 0.05) is 88.6 Å². The van der Waals surface area contributed by atoms with E-state index in [0.29, 0.717) is 39.3 Å². The fraction of sp³-hybridized carbons (Fsp3) is 0.409. The first-order valence-electron chi connectivity index (χ1n) is 19.7. The number of carbonyl (C=O) groups is 2. The molecule has 2 atom stereocenters. The van der Waals surface area contributed by atoms with Gasteiger partial charge in [0.2, 0.25) is 5.91 Å².